The summed E-state index contributed by atoms with van der Waals surface area (Å²) < 4.78 is 16.0. The number of nitrogens with zero attached hydrogens (tertiary/aromatic N) is 2. The van der Waals surface area contributed by atoms with Gasteiger partial charge in [-0.2, -0.15) is 0 Å². The molecule has 0 unspecified atom stereocenters. The summed E-state index contributed by atoms with van der Waals surface area (Å²) >= 11 is 0. The number of nitrogens with one attached hydrogen (secondary N) is 1. The Morgan fingerprint density at radius 1 is 1.16 bits per heavy atom. The fraction of sp³-hybridized carbons (Fsp3) is 0.167. The second-order valence-electron chi connectivity index (χ2n) is 5.90. The summed E-state index contributed by atoms with van der Waals surface area (Å²) in [7, 11) is 0. The van der Waals surface area contributed by atoms with Crippen molar-refractivity contribution in [2.24, 2.45) is 0 Å². The predicted molar refractivity (Wildman–Crippen MR) is 90.3 cm³/mol. The largest absolute Gasteiger partial charge is 0.461 e. The monoisotopic (exact) mass is 337 g/mol. The van der Waals surface area contributed by atoms with Crippen LogP contribution in [-0.2, 0) is 0 Å². The van der Waals surface area contributed by atoms with Crippen molar-refractivity contribution in [3.8, 4) is 11.5 Å². The quantitative estimate of drug-likeness (QED) is 0.591. The van der Waals surface area contributed by atoms with Gasteiger partial charge in [0.05, 0.1) is 6.26 Å². The van der Waals surface area contributed by atoms with Gasteiger partial charge < -0.3 is 18.7 Å². The van der Waals surface area contributed by atoms with Crippen LogP contribution in [0.15, 0.2) is 56.0 Å². The van der Waals surface area contributed by atoms with Gasteiger partial charge in [-0.3, -0.25) is 4.79 Å². The molecule has 0 fully saturated rings. The van der Waals surface area contributed by atoms with Crippen LogP contribution < -0.4 is 5.32 Å². The van der Waals surface area contributed by atoms with E-state index in [1.54, 1.807) is 30.3 Å². The zero-order chi connectivity index (χ0) is 17.4. The van der Waals surface area contributed by atoms with Gasteiger partial charge in [-0.1, -0.05) is 19.0 Å². The number of hydrogen-bond donors (Lipinski definition) is 1. The molecule has 0 aliphatic heterocycles. The fourth-order valence-electron chi connectivity index (χ4n) is 2.38. The molecule has 1 N–H and O–H groups in total. The number of rotatable bonds is 4. The van der Waals surface area contributed by atoms with Gasteiger partial charge in [0, 0.05) is 17.7 Å². The topological polar surface area (TPSA) is 94.3 Å². The molecule has 0 radical (unpaired) electrons. The summed E-state index contributed by atoms with van der Waals surface area (Å²) in [6.45, 7) is 4.02. The number of anilines is 1. The van der Waals surface area contributed by atoms with Crippen molar-refractivity contribution in [1.82, 2.24) is 10.1 Å². The van der Waals surface area contributed by atoms with E-state index in [1.807, 2.05) is 13.8 Å². The molecule has 0 aliphatic carbocycles. The first-order chi connectivity index (χ1) is 12.1. The molecular weight excluding hydrogens is 322 g/mol. The molecule has 0 bridgehead atoms. The Hall–Kier alpha value is -3.35. The molecule has 0 spiro atoms. The normalized spacial score (nSPS) is 11.3. The molecule has 25 heavy (non-hydrogen) atoms. The van der Waals surface area contributed by atoms with E-state index in [9.17, 15) is 4.79 Å². The molecule has 3 heterocycles. The lowest BCUT2D eigenvalue weighted by Gasteiger charge is -2.01. The van der Waals surface area contributed by atoms with Crippen molar-refractivity contribution in [2.45, 2.75) is 19.8 Å². The number of hydrogen-bond acceptors (Lipinski definition) is 6. The van der Waals surface area contributed by atoms with Crippen molar-refractivity contribution >= 4 is 22.7 Å². The van der Waals surface area contributed by atoms with Crippen LogP contribution in [0, 0.1) is 0 Å². The molecule has 1 aromatic carbocycles. The van der Waals surface area contributed by atoms with Crippen LogP contribution in [0.3, 0.4) is 0 Å². The number of benzene rings is 1. The Kier molecular flexibility index (Phi) is 3.61. The van der Waals surface area contributed by atoms with E-state index >= 15 is 0 Å². The molecular formula is C18H15N3O4. The van der Waals surface area contributed by atoms with E-state index in [1.165, 1.54) is 12.3 Å². The molecule has 3 aromatic heterocycles. The third-order valence-electron chi connectivity index (χ3n) is 3.66. The molecule has 0 saturated carbocycles. The van der Waals surface area contributed by atoms with Crippen LogP contribution in [0.25, 0.3) is 22.6 Å². The number of amides is 1. The molecule has 126 valence electrons. The Balaban J connectivity index is 1.55. The van der Waals surface area contributed by atoms with E-state index in [0.29, 0.717) is 34.2 Å². The SMILES string of the molecule is CC(C)c1nc2cc(NC(=O)c3cc(-c4ccco4)on3)ccc2o1. The van der Waals surface area contributed by atoms with Crippen molar-refractivity contribution in [3.63, 3.8) is 0 Å². The number of furan rings is 1. The summed E-state index contributed by atoms with van der Waals surface area (Å²) in [6, 6.07) is 10.3. The highest BCUT2D eigenvalue weighted by molar-refractivity contribution is 6.03. The lowest BCUT2D eigenvalue weighted by Crippen LogP contribution is -2.12. The van der Waals surface area contributed by atoms with E-state index in [-0.39, 0.29) is 17.5 Å². The van der Waals surface area contributed by atoms with Crippen molar-refractivity contribution < 1.29 is 18.2 Å². The third-order valence-corrected chi connectivity index (χ3v) is 3.66. The molecule has 0 atom stereocenters. The lowest BCUT2D eigenvalue weighted by molar-refractivity contribution is 0.101. The minimum Gasteiger partial charge on any atom is -0.461 e. The van der Waals surface area contributed by atoms with Gasteiger partial charge in [-0.05, 0) is 30.3 Å². The minimum atomic E-state index is -0.381. The molecule has 1 amide bonds. The summed E-state index contributed by atoms with van der Waals surface area (Å²) in [5.41, 5.74) is 2.14. The second kappa shape index (κ2) is 5.94. The van der Waals surface area contributed by atoms with Crippen molar-refractivity contribution in [1.29, 1.82) is 0 Å². The molecule has 7 heteroatoms. The van der Waals surface area contributed by atoms with Gasteiger partial charge in [-0.25, -0.2) is 4.98 Å². The first kappa shape index (κ1) is 15.2. The van der Waals surface area contributed by atoms with Crippen molar-refractivity contribution in [2.75, 3.05) is 5.32 Å². The molecule has 4 rings (SSSR count). The van der Waals surface area contributed by atoms with Crippen LogP contribution in [0.4, 0.5) is 5.69 Å². The van der Waals surface area contributed by atoms with Crippen LogP contribution in [0.1, 0.15) is 36.1 Å². The average molecular weight is 337 g/mol. The molecule has 4 aromatic rings. The maximum absolute atomic E-state index is 12.3. The van der Waals surface area contributed by atoms with Gasteiger partial charge in [0.2, 0.25) is 5.76 Å². The molecule has 0 aliphatic rings. The summed E-state index contributed by atoms with van der Waals surface area (Å²) in [5, 5.41) is 6.55. The Morgan fingerprint density at radius 3 is 2.80 bits per heavy atom. The van der Waals surface area contributed by atoms with Gasteiger partial charge >= 0.3 is 0 Å². The van der Waals surface area contributed by atoms with Gasteiger partial charge in [0.1, 0.15) is 5.52 Å². The summed E-state index contributed by atoms with van der Waals surface area (Å²) in [6.07, 6.45) is 1.52. The Bertz CT molecular complexity index is 1030. The maximum atomic E-state index is 12.3. The van der Waals surface area contributed by atoms with Crippen LogP contribution >= 0.6 is 0 Å². The van der Waals surface area contributed by atoms with E-state index < -0.39 is 0 Å². The van der Waals surface area contributed by atoms with Crippen LogP contribution in [-0.4, -0.2) is 16.0 Å². The maximum Gasteiger partial charge on any atom is 0.277 e. The highest BCUT2D eigenvalue weighted by Gasteiger charge is 2.16. The highest BCUT2D eigenvalue weighted by atomic mass is 16.5. The van der Waals surface area contributed by atoms with Gasteiger partial charge in [0.25, 0.3) is 5.91 Å². The number of carbonyl (C=O) groups is 1. The third kappa shape index (κ3) is 2.91. The number of oxazole rings is 1. The number of fused-ring (bicyclic) bond motifs is 1. The predicted octanol–water partition coefficient (Wildman–Crippen LogP) is 4.45. The number of aromatic nitrogens is 2. The Labute approximate surface area is 142 Å². The highest BCUT2D eigenvalue weighted by Crippen LogP contribution is 2.25. The molecule has 0 saturated heterocycles. The van der Waals surface area contributed by atoms with E-state index in [4.69, 9.17) is 13.4 Å². The second-order valence-corrected chi connectivity index (χ2v) is 5.90. The average Bonchev–Trinajstić information content (AvgIpc) is 3.33. The van der Waals surface area contributed by atoms with Gasteiger partial charge in [-0.15, -0.1) is 0 Å². The minimum absolute atomic E-state index is 0.162. The van der Waals surface area contributed by atoms with Crippen LogP contribution in [0.2, 0.25) is 0 Å². The molecule has 7 nitrogen and oxygen atoms in total. The standard InChI is InChI=1S/C18H15N3O4/c1-10(2)18-20-12-8-11(5-6-14(12)24-18)19-17(22)13-9-16(25-21-13)15-4-3-7-23-15/h3-10H,1-2H3,(H,19,22). The zero-order valence-electron chi connectivity index (χ0n) is 13.6. The first-order valence-corrected chi connectivity index (χ1v) is 7.82. The van der Waals surface area contributed by atoms with E-state index in [2.05, 4.69) is 15.5 Å². The summed E-state index contributed by atoms with van der Waals surface area (Å²) in [5.74, 6) is 1.38. The van der Waals surface area contributed by atoms with Gasteiger partial charge in [0.15, 0.2) is 22.9 Å². The number of carbonyl (C=O) groups excluding carboxylic acids is 1. The van der Waals surface area contributed by atoms with Crippen LogP contribution in [0.5, 0.6) is 0 Å². The Morgan fingerprint density at radius 2 is 2.04 bits per heavy atom. The lowest BCUT2D eigenvalue weighted by atomic mass is 10.2. The summed E-state index contributed by atoms with van der Waals surface area (Å²) in [4.78, 5) is 16.8. The first-order valence-electron chi connectivity index (χ1n) is 7.82. The van der Waals surface area contributed by atoms with Crippen molar-refractivity contribution in [3.05, 3.63) is 54.2 Å². The zero-order valence-corrected chi connectivity index (χ0v) is 13.6. The van der Waals surface area contributed by atoms with E-state index in [0.717, 1.165) is 0 Å². The smallest absolute Gasteiger partial charge is 0.277 e. The fourth-order valence-corrected chi connectivity index (χ4v) is 2.38.